The lowest BCUT2D eigenvalue weighted by Gasteiger charge is -2.22. The van der Waals surface area contributed by atoms with Gasteiger partial charge in [0.1, 0.15) is 12.4 Å². The molecule has 0 spiro atoms. The van der Waals surface area contributed by atoms with Crippen molar-refractivity contribution in [2.75, 3.05) is 29.4 Å². The van der Waals surface area contributed by atoms with Gasteiger partial charge in [-0.25, -0.2) is 12.8 Å². The molecule has 0 aromatic heterocycles. The summed E-state index contributed by atoms with van der Waals surface area (Å²) in [5.74, 6) is 0.0737. The van der Waals surface area contributed by atoms with Crippen molar-refractivity contribution < 1.29 is 17.6 Å². The van der Waals surface area contributed by atoms with Crippen molar-refractivity contribution in [3.63, 3.8) is 0 Å². The number of thioether (sulfide) groups is 1. The lowest BCUT2D eigenvalue weighted by molar-refractivity contribution is -0.119. The second-order valence-corrected chi connectivity index (χ2v) is 9.27. The first-order valence-corrected chi connectivity index (χ1v) is 11.4. The Morgan fingerprint density at radius 2 is 1.93 bits per heavy atom. The van der Waals surface area contributed by atoms with Crippen molar-refractivity contribution in [2.45, 2.75) is 11.3 Å². The molecule has 1 N–H and O–H groups in total. The fourth-order valence-corrected chi connectivity index (χ4v) is 4.12. The second-order valence-electron chi connectivity index (χ2n) is 5.76. The highest BCUT2D eigenvalue weighted by Crippen LogP contribution is 2.21. The molecule has 1 amide bonds. The molecule has 0 heterocycles. The van der Waals surface area contributed by atoms with Gasteiger partial charge in [0.25, 0.3) is 0 Å². The molecule has 0 saturated heterocycles. The summed E-state index contributed by atoms with van der Waals surface area (Å²) < 4.78 is 37.9. The van der Waals surface area contributed by atoms with Crippen LogP contribution in [0.5, 0.6) is 0 Å². The summed E-state index contributed by atoms with van der Waals surface area (Å²) in [4.78, 5) is 13.1. The van der Waals surface area contributed by atoms with Gasteiger partial charge in [-0.15, -0.1) is 11.8 Å². The highest BCUT2D eigenvalue weighted by atomic mass is 35.5. The second kappa shape index (κ2) is 9.96. The number of carbonyl (C=O) groups excluding carboxylic acids is 1. The van der Waals surface area contributed by atoms with Gasteiger partial charge in [0.2, 0.25) is 15.9 Å². The van der Waals surface area contributed by atoms with E-state index in [1.54, 1.807) is 42.1 Å². The minimum Gasteiger partial charge on any atom is -0.354 e. The third kappa shape index (κ3) is 7.40. The molecule has 27 heavy (non-hydrogen) atoms. The van der Waals surface area contributed by atoms with E-state index < -0.39 is 15.9 Å². The Morgan fingerprint density at radius 3 is 2.56 bits per heavy atom. The van der Waals surface area contributed by atoms with E-state index in [1.807, 2.05) is 0 Å². The number of anilines is 1. The monoisotopic (exact) mass is 430 g/mol. The molecule has 5 nitrogen and oxygen atoms in total. The maximum Gasteiger partial charge on any atom is 0.240 e. The molecule has 0 unspecified atom stereocenters. The van der Waals surface area contributed by atoms with Gasteiger partial charge in [0, 0.05) is 16.5 Å². The number of carbonyl (C=O) groups is 1. The van der Waals surface area contributed by atoms with Crippen LogP contribution in [-0.2, 0) is 14.8 Å². The molecule has 2 aromatic carbocycles. The highest BCUT2D eigenvalue weighted by molar-refractivity contribution is 7.99. The Morgan fingerprint density at radius 1 is 1.22 bits per heavy atom. The molecule has 2 aromatic rings. The first-order valence-electron chi connectivity index (χ1n) is 8.14. The number of nitrogens with one attached hydrogen (secondary N) is 1. The molecule has 2 rings (SSSR count). The zero-order valence-corrected chi connectivity index (χ0v) is 17.1. The maximum absolute atomic E-state index is 12.8. The first kappa shape index (κ1) is 21.5. The van der Waals surface area contributed by atoms with Crippen LogP contribution in [0.4, 0.5) is 10.1 Å². The zero-order valence-electron chi connectivity index (χ0n) is 14.7. The van der Waals surface area contributed by atoms with Crippen molar-refractivity contribution >= 4 is 45.0 Å². The molecular formula is C18H20ClFN2O3S2. The summed E-state index contributed by atoms with van der Waals surface area (Å²) in [5.41, 5.74) is 0.340. The van der Waals surface area contributed by atoms with E-state index in [0.29, 0.717) is 23.7 Å². The van der Waals surface area contributed by atoms with Crippen molar-refractivity contribution in [1.29, 1.82) is 0 Å². The lowest BCUT2D eigenvalue weighted by Crippen LogP contribution is -2.40. The molecular weight excluding hydrogens is 411 g/mol. The maximum atomic E-state index is 12.8. The Kier molecular flexibility index (Phi) is 7.94. The van der Waals surface area contributed by atoms with E-state index >= 15 is 0 Å². The molecule has 9 heteroatoms. The number of rotatable bonds is 9. The topological polar surface area (TPSA) is 66.5 Å². The van der Waals surface area contributed by atoms with Crippen molar-refractivity contribution in [2.24, 2.45) is 0 Å². The van der Waals surface area contributed by atoms with E-state index in [1.165, 1.54) is 18.2 Å². The Bertz CT molecular complexity index is 876. The van der Waals surface area contributed by atoms with Crippen LogP contribution in [0.25, 0.3) is 0 Å². The predicted octanol–water partition coefficient (Wildman–Crippen LogP) is 3.54. The van der Waals surface area contributed by atoms with Crippen molar-refractivity contribution in [3.05, 3.63) is 59.4 Å². The van der Waals surface area contributed by atoms with E-state index in [9.17, 15) is 17.6 Å². The predicted molar refractivity (Wildman–Crippen MR) is 108 cm³/mol. The van der Waals surface area contributed by atoms with Gasteiger partial charge in [-0.2, -0.15) is 0 Å². The summed E-state index contributed by atoms with van der Waals surface area (Å²) >= 11 is 7.47. The van der Waals surface area contributed by atoms with Gasteiger partial charge in [-0.3, -0.25) is 9.10 Å². The number of sulfonamides is 1. The zero-order chi connectivity index (χ0) is 19.9. The van der Waals surface area contributed by atoms with Crippen molar-refractivity contribution in [3.8, 4) is 0 Å². The molecule has 0 bridgehead atoms. The van der Waals surface area contributed by atoms with Gasteiger partial charge in [0.05, 0.1) is 11.9 Å². The smallest absolute Gasteiger partial charge is 0.240 e. The Labute approximate surface area is 168 Å². The van der Waals surface area contributed by atoms with E-state index in [-0.39, 0.29) is 12.4 Å². The van der Waals surface area contributed by atoms with Crippen LogP contribution in [0.15, 0.2) is 53.4 Å². The van der Waals surface area contributed by atoms with Crippen LogP contribution in [0.3, 0.4) is 0 Å². The molecule has 0 aliphatic rings. The summed E-state index contributed by atoms with van der Waals surface area (Å²) in [5, 5.41) is 3.10. The van der Waals surface area contributed by atoms with E-state index in [4.69, 9.17) is 11.6 Å². The molecule has 146 valence electrons. The minimum atomic E-state index is -3.63. The number of nitrogens with zero attached hydrogens (tertiary/aromatic N) is 1. The molecule has 0 aliphatic carbocycles. The number of hydrogen-bond acceptors (Lipinski definition) is 4. The molecule has 0 saturated carbocycles. The van der Waals surface area contributed by atoms with Crippen LogP contribution >= 0.6 is 23.4 Å². The van der Waals surface area contributed by atoms with Gasteiger partial charge < -0.3 is 5.32 Å². The van der Waals surface area contributed by atoms with Gasteiger partial charge >= 0.3 is 0 Å². The normalized spacial score (nSPS) is 11.2. The van der Waals surface area contributed by atoms with Crippen LogP contribution in [0.1, 0.15) is 6.42 Å². The summed E-state index contributed by atoms with van der Waals surface area (Å²) in [6.45, 7) is 0.102. The third-order valence-corrected chi connectivity index (χ3v) is 5.98. The summed E-state index contributed by atoms with van der Waals surface area (Å²) in [7, 11) is -3.63. The number of hydrogen-bond donors (Lipinski definition) is 1. The SMILES string of the molecule is CS(=O)(=O)N(CC(=O)NCCCSc1ccc(F)cc1)c1cccc(Cl)c1. The van der Waals surface area contributed by atoms with E-state index in [2.05, 4.69) is 5.32 Å². The average molecular weight is 431 g/mol. The van der Waals surface area contributed by atoms with Crippen molar-refractivity contribution in [1.82, 2.24) is 5.32 Å². The Hall–Kier alpha value is -1.77. The van der Waals surface area contributed by atoms with Gasteiger partial charge in [0.15, 0.2) is 0 Å². The summed E-state index contributed by atoms with van der Waals surface area (Å²) in [6, 6.07) is 12.5. The Balaban J connectivity index is 1.81. The van der Waals surface area contributed by atoms with Crippen LogP contribution in [0, 0.1) is 5.82 Å². The average Bonchev–Trinajstić information content (AvgIpc) is 2.60. The van der Waals surface area contributed by atoms with Crippen LogP contribution in [-0.4, -0.2) is 39.4 Å². The summed E-state index contributed by atoms with van der Waals surface area (Å²) in [6.07, 6.45) is 1.74. The van der Waals surface area contributed by atoms with Gasteiger partial charge in [-0.05, 0) is 54.6 Å². The molecule has 0 radical (unpaired) electrons. The minimum absolute atomic E-state index is 0.276. The third-order valence-electron chi connectivity index (χ3n) is 3.51. The molecule has 0 fully saturated rings. The first-order chi connectivity index (χ1) is 12.8. The number of halogens is 2. The largest absolute Gasteiger partial charge is 0.354 e. The van der Waals surface area contributed by atoms with Gasteiger partial charge in [-0.1, -0.05) is 17.7 Å². The highest BCUT2D eigenvalue weighted by Gasteiger charge is 2.20. The standard InChI is InChI=1S/C18H20ClFN2O3S2/c1-27(24,25)22(16-5-2-4-14(19)12-16)13-18(23)21-10-3-11-26-17-8-6-15(20)7-9-17/h2,4-9,12H,3,10-11,13H2,1H3,(H,21,23). The lowest BCUT2D eigenvalue weighted by atomic mass is 10.3. The molecule has 0 atom stereocenters. The van der Waals surface area contributed by atoms with Crippen LogP contribution in [0.2, 0.25) is 5.02 Å². The fraction of sp³-hybridized carbons (Fsp3) is 0.278. The number of amides is 1. The van der Waals surface area contributed by atoms with E-state index in [0.717, 1.165) is 21.2 Å². The van der Waals surface area contributed by atoms with Crippen LogP contribution < -0.4 is 9.62 Å². The quantitative estimate of drug-likeness (QED) is 0.488. The number of benzene rings is 2. The fourth-order valence-electron chi connectivity index (χ4n) is 2.24. The molecule has 0 aliphatic heterocycles.